The molecule has 0 heterocycles. The van der Waals surface area contributed by atoms with Gasteiger partial charge in [-0.2, -0.15) is 0 Å². The van der Waals surface area contributed by atoms with Gasteiger partial charge in [-0.25, -0.2) is 0 Å². The summed E-state index contributed by atoms with van der Waals surface area (Å²) in [5.74, 6) is 2.19. The van der Waals surface area contributed by atoms with Crippen LogP contribution in [-0.4, -0.2) is 6.10 Å². The molecule has 2 heteroatoms. The molecule has 0 saturated heterocycles. The molecule has 0 aromatic heterocycles. The van der Waals surface area contributed by atoms with E-state index in [4.69, 9.17) is 10.5 Å². The molecule has 1 aromatic rings. The molecule has 19 heavy (non-hydrogen) atoms. The molecule has 3 unspecified atom stereocenters. The van der Waals surface area contributed by atoms with Crippen molar-refractivity contribution in [2.24, 2.45) is 17.6 Å². The standard InChI is InChI=1S/C17H27NO/c1-12(2)19-16-9-7-15(8-10-16)17(18)11-13(3)5-6-14(17)4/h7-10,12-14H,5-6,11,18H2,1-4H3. The first kappa shape index (κ1) is 14.4. The number of rotatable bonds is 3. The van der Waals surface area contributed by atoms with Crippen molar-refractivity contribution in [2.75, 3.05) is 0 Å². The second kappa shape index (κ2) is 5.54. The minimum Gasteiger partial charge on any atom is -0.491 e. The quantitative estimate of drug-likeness (QED) is 0.889. The van der Waals surface area contributed by atoms with Crippen LogP contribution in [0.4, 0.5) is 0 Å². The van der Waals surface area contributed by atoms with E-state index < -0.39 is 0 Å². The van der Waals surface area contributed by atoms with Crippen molar-refractivity contribution in [1.82, 2.24) is 0 Å². The van der Waals surface area contributed by atoms with Crippen LogP contribution >= 0.6 is 0 Å². The average molecular weight is 261 g/mol. The average Bonchev–Trinajstić information content (AvgIpc) is 2.34. The lowest BCUT2D eigenvalue weighted by molar-refractivity contribution is 0.162. The van der Waals surface area contributed by atoms with E-state index in [-0.39, 0.29) is 11.6 Å². The fourth-order valence-corrected chi connectivity index (χ4v) is 3.19. The fraction of sp³-hybridized carbons (Fsp3) is 0.647. The SMILES string of the molecule is CC1CCC(C)C(N)(c2ccc(OC(C)C)cc2)C1. The summed E-state index contributed by atoms with van der Waals surface area (Å²) in [7, 11) is 0. The molecule has 1 saturated carbocycles. The molecule has 1 fully saturated rings. The first-order chi connectivity index (χ1) is 8.91. The van der Waals surface area contributed by atoms with Crippen LogP contribution in [0.5, 0.6) is 5.75 Å². The highest BCUT2D eigenvalue weighted by Crippen LogP contribution is 2.42. The van der Waals surface area contributed by atoms with Gasteiger partial charge in [-0.1, -0.05) is 32.4 Å². The summed E-state index contributed by atoms with van der Waals surface area (Å²) in [5.41, 5.74) is 7.80. The van der Waals surface area contributed by atoms with E-state index in [1.165, 1.54) is 18.4 Å². The Balaban J connectivity index is 2.20. The summed E-state index contributed by atoms with van der Waals surface area (Å²) in [4.78, 5) is 0. The van der Waals surface area contributed by atoms with Crippen molar-refractivity contribution in [3.63, 3.8) is 0 Å². The van der Waals surface area contributed by atoms with Gasteiger partial charge < -0.3 is 10.5 Å². The van der Waals surface area contributed by atoms with Crippen molar-refractivity contribution in [3.05, 3.63) is 29.8 Å². The van der Waals surface area contributed by atoms with Crippen LogP contribution in [0, 0.1) is 11.8 Å². The Morgan fingerprint density at radius 1 is 1.16 bits per heavy atom. The van der Waals surface area contributed by atoms with E-state index >= 15 is 0 Å². The Labute approximate surface area is 117 Å². The van der Waals surface area contributed by atoms with Crippen LogP contribution < -0.4 is 10.5 Å². The monoisotopic (exact) mass is 261 g/mol. The molecule has 0 spiro atoms. The third kappa shape index (κ3) is 3.11. The van der Waals surface area contributed by atoms with Gasteiger partial charge in [-0.05, 0) is 56.2 Å². The highest BCUT2D eigenvalue weighted by molar-refractivity contribution is 5.33. The van der Waals surface area contributed by atoms with Gasteiger partial charge in [0.2, 0.25) is 0 Å². The van der Waals surface area contributed by atoms with Crippen molar-refractivity contribution >= 4 is 0 Å². The second-order valence-corrected chi connectivity index (χ2v) is 6.52. The Morgan fingerprint density at radius 3 is 2.37 bits per heavy atom. The summed E-state index contributed by atoms with van der Waals surface area (Å²) in [6.07, 6.45) is 3.82. The van der Waals surface area contributed by atoms with Gasteiger partial charge in [0.05, 0.1) is 6.10 Å². The number of nitrogens with two attached hydrogens (primary N) is 1. The lowest BCUT2D eigenvalue weighted by Crippen LogP contribution is -2.47. The Morgan fingerprint density at radius 2 is 1.79 bits per heavy atom. The molecular weight excluding hydrogens is 234 g/mol. The van der Waals surface area contributed by atoms with Crippen molar-refractivity contribution in [1.29, 1.82) is 0 Å². The Hall–Kier alpha value is -1.02. The molecule has 1 aliphatic carbocycles. The van der Waals surface area contributed by atoms with Crippen molar-refractivity contribution in [3.8, 4) is 5.75 Å². The zero-order valence-electron chi connectivity index (χ0n) is 12.6. The van der Waals surface area contributed by atoms with E-state index in [9.17, 15) is 0 Å². The van der Waals surface area contributed by atoms with E-state index in [0.29, 0.717) is 11.8 Å². The van der Waals surface area contributed by atoms with Crippen LogP contribution in [-0.2, 0) is 5.54 Å². The summed E-state index contributed by atoms with van der Waals surface area (Å²) in [6.45, 7) is 8.68. The van der Waals surface area contributed by atoms with E-state index in [2.05, 4.69) is 38.1 Å². The normalized spacial score (nSPS) is 31.5. The second-order valence-electron chi connectivity index (χ2n) is 6.52. The first-order valence-electron chi connectivity index (χ1n) is 7.48. The smallest absolute Gasteiger partial charge is 0.119 e. The van der Waals surface area contributed by atoms with Gasteiger partial charge >= 0.3 is 0 Å². The summed E-state index contributed by atoms with van der Waals surface area (Å²) >= 11 is 0. The van der Waals surface area contributed by atoms with E-state index in [1.54, 1.807) is 0 Å². The zero-order chi connectivity index (χ0) is 14.0. The number of ether oxygens (including phenoxy) is 1. The number of hydrogen-bond donors (Lipinski definition) is 1. The predicted molar refractivity (Wildman–Crippen MR) is 80.3 cm³/mol. The molecule has 0 amide bonds. The summed E-state index contributed by atoms with van der Waals surface area (Å²) in [6, 6.07) is 8.39. The van der Waals surface area contributed by atoms with Gasteiger partial charge in [-0.3, -0.25) is 0 Å². The van der Waals surface area contributed by atoms with Crippen LogP contribution in [0.15, 0.2) is 24.3 Å². The summed E-state index contributed by atoms with van der Waals surface area (Å²) < 4.78 is 5.70. The third-order valence-electron chi connectivity index (χ3n) is 4.42. The molecule has 2 nitrogen and oxygen atoms in total. The number of benzene rings is 1. The first-order valence-corrected chi connectivity index (χ1v) is 7.48. The van der Waals surface area contributed by atoms with Gasteiger partial charge in [0, 0.05) is 5.54 Å². The lowest BCUT2D eigenvalue weighted by Gasteiger charge is -2.42. The molecule has 2 N–H and O–H groups in total. The maximum atomic E-state index is 6.72. The van der Waals surface area contributed by atoms with Crippen molar-refractivity contribution < 1.29 is 4.74 Å². The topological polar surface area (TPSA) is 35.2 Å². The number of hydrogen-bond acceptors (Lipinski definition) is 2. The Kier molecular flexibility index (Phi) is 4.19. The minimum absolute atomic E-state index is 0.173. The molecule has 3 atom stereocenters. The maximum absolute atomic E-state index is 6.72. The van der Waals surface area contributed by atoms with Crippen molar-refractivity contribution in [2.45, 2.75) is 58.6 Å². The minimum atomic E-state index is -0.173. The van der Waals surface area contributed by atoms with E-state index in [0.717, 1.165) is 12.2 Å². The maximum Gasteiger partial charge on any atom is 0.119 e. The van der Waals surface area contributed by atoms with Gasteiger partial charge in [0.25, 0.3) is 0 Å². The summed E-state index contributed by atoms with van der Waals surface area (Å²) in [5, 5.41) is 0. The molecule has 2 rings (SSSR count). The molecule has 1 aliphatic rings. The lowest BCUT2D eigenvalue weighted by atomic mass is 9.67. The highest BCUT2D eigenvalue weighted by atomic mass is 16.5. The molecule has 1 aromatic carbocycles. The van der Waals surface area contributed by atoms with Crippen LogP contribution in [0.3, 0.4) is 0 Å². The van der Waals surface area contributed by atoms with Crippen LogP contribution in [0.2, 0.25) is 0 Å². The van der Waals surface area contributed by atoms with Gasteiger partial charge in [-0.15, -0.1) is 0 Å². The molecule has 0 bridgehead atoms. The molecule has 0 aliphatic heterocycles. The van der Waals surface area contributed by atoms with Crippen LogP contribution in [0.1, 0.15) is 52.5 Å². The Bertz CT molecular complexity index is 412. The molecule has 106 valence electrons. The van der Waals surface area contributed by atoms with E-state index in [1.807, 2.05) is 13.8 Å². The van der Waals surface area contributed by atoms with Crippen LogP contribution in [0.25, 0.3) is 0 Å². The third-order valence-corrected chi connectivity index (χ3v) is 4.42. The largest absolute Gasteiger partial charge is 0.491 e. The predicted octanol–water partition coefficient (Wildman–Crippen LogP) is 4.08. The van der Waals surface area contributed by atoms with Gasteiger partial charge in [0.15, 0.2) is 0 Å². The molecular formula is C17H27NO. The zero-order valence-corrected chi connectivity index (χ0v) is 12.6. The molecule has 0 radical (unpaired) electrons. The highest BCUT2D eigenvalue weighted by Gasteiger charge is 2.38. The fourth-order valence-electron chi connectivity index (χ4n) is 3.19. The van der Waals surface area contributed by atoms with Gasteiger partial charge in [0.1, 0.15) is 5.75 Å².